The number of benzene rings is 1. The molecule has 0 atom stereocenters. The zero-order chi connectivity index (χ0) is 21.0. The van der Waals surface area contributed by atoms with E-state index in [9.17, 15) is 19.7 Å². The smallest absolute Gasteiger partial charge is 0.234 e. The van der Waals surface area contributed by atoms with E-state index in [-0.39, 0.29) is 17.3 Å². The summed E-state index contributed by atoms with van der Waals surface area (Å²) >= 11 is 1.14. The summed E-state index contributed by atoms with van der Waals surface area (Å²) in [6, 6.07) is 9.02. The molecule has 150 valence electrons. The van der Waals surface area contributed by atoms with Crippen LogP contribution in [0.1, 0.15) is 37.7 Å². The van der Waals surface area contributed by atoms with E-state index in [0.29, 0.717) is 29.0 Å². The van der Waals surface area contributed by atoms with Gasteiger partial charge in [0.05, 0.1) is 39.8 Å². The van der Waals surface area contributed by atoms with E-state index in [4.69, 9.17) is 5.73 Å². The van der Waals surface area contributed by atoms with Gasteiger partial charge in [0.1, 0.15) is 11.6 Å². The van der Waals surface area contributed by atoms with Crippen molar-refractivity contribution in [3.63, 3.8) is 0 Å². The highest BCUT2D eigenvalue weighted by Gasteiger charge is 2.45. The predicted molar refractivity (Wildman–Crippen MR) is 110 cm³/mol. The molecule has 6 nitrogen and oxygen atoms in total. The van der Waals surface area contributed by atoms with Gasteiger partial charge in [0, 0.05) is 5.41 Å². The Morgan fingerprint density at radius 2 is 1.97 bits per heavy atom. The SMILES string of the molecule is Cc1ccc(NC(=O)CSC2=C(C#N)C3(CCCCC3)C(C#N)=C(N)N2)c(F)c1. The molecule has 2 aliphatic rings. The van der Waals surface area contributed by atoms with Crippen molar-refractivity contribution in [3.8, 4) is 12.1 Å². The fourth-order valence-corrected chi connectivity index (χ4v) is 4.90. The first-order chi connectivity index (χ1) is 13.9. The predicted octanol–water partition coefficient (Wildman–Crippen LogP) is 3.79. The van der Waals surface area contributed by atoms with Crippen LogP contribution < -0.4 is 16.4 Å². The van der Waals surface area contributed by atoms with Crippen LogP contribution in [0.15, 0.2) is 40.2 Å². The van der Waals surface area contributed by atoms with Crippen molar-refractivity contribution in [3.05, 3.63) is 51.6 Å². The third-order valence-electron chi connectivity index (χ3n) is 5.38. The van der Waals surface area contributed by atoms with E-state index < -0.39 is 17.1 Å². The number of amides is 1. The number of nitrogens with zero attached hydrogens (tertiary/aromatic N) is 2. The molecule has 0 saturated heterocycles. The fraction of sp³-hybridized carbons (Fsp3) is 0.381. The second kappa shape index (κ2) is 8.59. The third kappa shape index (κ3) is 4.08. The number of rotatable bonds is 4. The van der Waals surface area contributed by atoms with Gasteiger partial charge in [-0.05, 0) is 37.5 Å². The number of nitrogens with one attached hydrogen (secondary N) is 2. The summed E-state index contributed by atoms with van der Waals surface area (Å²) in [6.45, 7) is 1.77. The number of anilines is 1. The lowest BCUT2D eigenvalue weighted by molar-refractivity contribution is -0.113. The molecule has 0 aromatic heterocycles. The summed E-state index contributed by atoms with van der Waals surface area (Å²) in [5.74, 6) is -0.675. The highest BCUT2D eigenvalue weighted by atomic mass is 32.2. The van der Waals surface area contributed by atoms with Crippen LogP contribution in [0.25, 0.3) is 0 Å². The summed E-state index contributed by atoms with van der Waals surface area (Å²) in [5, 5.41) is 25.5. The molecule has 29 heavy (non-hydrogen) atoms. The van der Waals surface area contributed by atoms with Gasteiger partial charge in [0.25, 0.3) is 0 Å². The average molecular weight is 412 g/mol. The van der Waals surface area contributed by atoms with Gasteiger partial charge in [-0.15, -0.1) is 0 Å². The first kappa shape index (κ1) is 20.8. The van der Waals surface area contributed by atoms with Crippen molar-refractivity contribution < 1.29 is 9.18 Å². The molecule has 4 N–H and O–H groups in total. The maximum atomic E-state index is 14.0. The minimum Gasteiger partial charge on any atom is -0.384 e. The van der Waals surface area contributed by atoms with Crippen molar-refractivity contribution in [2.75, 3.05) is 11.1 Å². The van der Waals surface area contributed by atoms with Crippen LogP contribution in [0.2, 0.25) is 0 Å². The molecule has 3 rings (SSSR count). The Balaban J connectivity index is 1.79. The lowest BCUT2D eigenvalue weighted by Gasteiger charge is -2.40. The number of dihydropyridines is 1. The molecular weight excluding hydrogens is 389 g/mol. The number of aryl methyl sites for hydroxylation is 1. The largest absolute Gasteiger partial charge is 0.384 e. The number of hydrogen-bond acceptors (Lipinski definition) is 6. The summed E-state index contributed by atoms with van der Waals surface area (Å²) < 4.78 is 14.0. The van der Waals surface area contributed by atoms with E-state index in [2.05, 4.69) is 22.8 Å². The van der Waals surface area contributed by atoms with Crippen molar-refractivity contribution in [2.45, 2.75) is 39.0 Å². The molecule has 1 aliphatic heterocycles. The third-order valence-corrected chi connectivity index (χ3v) is 6.38. The highest BCUT2D eigenvalue weighted by Crippen LogP contribution is 2.51. The van der Waals surface area contributed by atoms with Crippen molar-refractivity contribution in [1.29, 1.82) is 10.5 Å². The number of halogens is 1. The van der Waals surface area contributed by atoms with Crippen molar-refractivity contribution >= 4 is 23.4 Å². The first-order valence-corrected chi connectivity index (χ1v) is 10.4. The molecule has 1 aliphatic carbocycles. The van der Waals surface area contributed by atoms with Gasteiger partial charge in [-0.2, -0.15) is 10.5 Å². The molecule has 1 aromatic rings. The number of allylic oxidation sites excluding steroid dienone is 2. The van der Waals surface area contributed by atoms with Gasteiger partial charge in [0.2, 0.25) is 5.91 Å². The summed E-state index contributed by atoms with van der Waals surface area (Å²) in [4.78, 5) is 12.3. The van der Waals surface area contributed by atoms with Crippen LogP contribution in [0.3, 0.4) is 0 Å². The maximum Gasteiger partial charge on any atom is 0.234 e. The molecule has 1 spiro atoms. The second-order valence-electron chi connectivity index (χ2n) is 7.30. The normalized spacial score (nSPS) is 18.1. The van der Waals surface area contributed by atoms with Crippen LogP contribution in [0, 0.1) is 40.8 Å². The van der Waals surface area contributed by atoms with E-state index in [0.717, 1.165) is 36.6 Å². The Morgan fingerprint density at radius 3 is 2.59 bits per heavy atom. The first-order valence-electron chi connectivity index (χ1n) is 9.42. The Morgan fingerprint density at radius 1 is 1.28 bits per heavy atom. The maximum absolute atomic E-state index is 14.0. The summed E-state index contributed by atoms with van der Waals surface area (Å²) in [7, 11) is 0. The van der Waals surface area contributed by atoms with Gasteiger partial charge in [-0.25, -0.2) is 4.39 Å². The molecule has 8 heteroatoms. The number of thioether (sulfide) groups is 1. The van der Waals surface area contributed by atoms with E-state index in [1.54, 1.807) is 13.0 Å². The van der Waals surface area contributed by atoms with E-state index >= 15 is 0 Å². The molecule has 1 heterocycles. The quantitative estimate of drug-likeness (QED) is 0.694. The molecule has 0 bridgehead atoms. The Hall–Kier alpha value is -2.97. The summed E-state index contributed by atoms with van der Waals surface area (Å²) in [6.07, 6.45) is 4.25. The lowest BCUT2D eigenvalue weighted by atomic mass is 9.64. The van der Waals surface area contributed by atoms with E-state index in [1.807, 2.05) is 0 Å². The molecule has 0 radical (unpaired) electrons. The molecule has 1 amide bonds. The molecule has 1 saturated carbocycles. The molecule has 0 unspecified atom stereocenters. The number of carbonyl (C=O) groups is 1. The Kier molecular flexibility index (Phi) is 6.14. The zero-order valence-corrected chi connectivity index (χ0v) is 17.0. The number of hydrogen-bond donors (Lipinski definition) is 3. The Labute approximate surface area is 173 Å². The highest BCUT2D eigenvalue weighted by molar-refractivity contribution is 8.03. The number of nitriles is 2. The van der Waals surface area contributed by atoms with Gasteiger partial charge >= 0.3 is 0 Å². The van der Waals surface area contributed by atoms with Gasteiger partial charge in [-0.1, -0.05) is 37.1 Å². The number of nitrogens with two attached hydrogens (primary N) is 1. The van der Waals surface area contributed by atoms with Gasteiger partial charge in [0.15, 0.2) is 0 Å². The average Bonchev–Trinajstić information content (AvgIpc) is 2.69. The van der Waals surface area contributed by atoms with Crippen molar-refractivity contribution in [2.24, 2.45) is 11.1 Å². The standard InChI is InChI=1S/C21H22FN5OS/c1-13-5-6-17(16(22)9-13)26-18(28)12-29-20-15(11-24)21(7-3-2-4-8-21)14(10-23)19(25)27-20/h5-6,9,27H,2-4,7-8,12,25H2,1H3,(H,26,28). The molecular formula is C21H22FN5OS. The Bertz CT molecular complexity index is 980. The van der Waals surface area contributed by atoms with Crippen LogP contribution in [0.5, 0.6) is 0 Å². The monoisotopic (exact) mass is 411 g/mol. The van der Waals surface area contributed by atoms with Gasteiger partial charge in [-0.3, -0.25) is 4.79 Å². The van der Waals surface area contributed by atoms with Gasteiger partial charge < -0.3 is 16.4 Å². The lowest BCUT2D eigenvalue weighted by Crippen LogP contribution is -2.39. The minimum absolute atomic E-state index is 0.0217. The van der Waals surface area contributed by atoms with Crippen LogP contribution in [0.4, 0.5) is 10.1 Å². The fourth-order valence-electron chi connectivity index (χ4n) is 3.98. The molecule has 1 fully saturated rings. The van der Waals surface area contributed by atoms with E-state index in [1.165, 1.54) is 12.1 Å². The van der Waals surface area contributed by atoms with Crippen LogP contribution in [-0.2, 0) is 4.79 Å². The molecule has 1 aromatic carbocycles. The summed E-state index contributed by atoms with van der Waals surface area (Å²) in [5.41, 5.74) is 7.17. The van der Waals surface area contributed by atoms with Crippen LogP contribution >= 0.6 is 11.8 Å². The topological polar surface area (TPSA) is 115 Å². The van der Waals surface area contributed by atoms with Crippen LogP contribution in [-0.4, -0.2) is 11.7 Å². The second-order valence-corrected chi connectivity index (χ2v) is 8.29. The number of carbonyl (C=O) groups excluding carboxylic acids is 1. The van der Waals surface area contributed by atoms with Crippen molar-refractivity contribution in [1.82, 2.24) is 5.32 Å². The zero-order valence-electron chi connectivity index (χ0n) is 16.1. The minimum atomic E-state index is -0.682.